The van der Waals surface area contributed by atoms with Gasteiger partial charge in [0.15, 0.2) is 0 Å². The van der Waals surface area contributed by atoms with Gasteiger partial charge in [-0.2, -0.15) is 0 Å². The van der Waals surface area contributed by atoms with Crippen LogP contribution in [0.1, 0.15) is 30.9 Å². The molecule has 8 heteroatoms. The zero-order valence-electron chi connectivity index (χ0n) is 17.9. The average Bonchev–Trinajstić information content (AvgIpc) is 3.15. The Hall–Kier alpha value is -2.71. The SMILES string of the molecule is CC(=O)Oc1cccc(-c2c(C)cc(NC(=O)[C@H]3C[C@H](CC[SH](=O)=O)CN3)cc2C)c1. The minimum Gasteiger partial charge on any atom is -0.427 e. The molecule has 1 aliphatic heterocycles. The molecule has 0 aromatic heterocycles. The van der Waals surface area contributed by atoms with Crippen molar-refractivity contribution in [3.63, 3.8) is 0 Å². The Morgan fingerprint density at radius 1 is 1.16 bits per heavy atom. The first-order chi connectivity index (χ1) is 14.7. The number of anilines is 1. The summed E-state index contributed by atoms with van der Waals surface area (Å²) in [5.74, 6) is 0.364. The standard InChI is InChI=1S/C23H28N2O5S/c1-14-9-19(25-23(27)21-11-17(13-24-21)7-8-31(28)29)10-15(2)22(14)18-5-4-6-20(12-18)30-16(3)26/h4-6,9-10,12,17,21,24,31H,7-8,11,13H2,1-3H3,(H,25,27)/t17-,21+/m0/s1. The summed E-state index contributed by atoms with van der Waals surface area (Å²) in [6.45, 7) is 5.97. The monoisotopic (exact) mass is 444 g/mol. The fraction of sp³-hybridized carbons (Fsp3) is 0.391. The topological polar surface area (TPSA) is 102 Å². The minimum absolute atomic E-state index is 0.114. The third kappa shape index (κ3) is 6.15. The summed E-state index contributed by atoms with van der Waals surface area (Å²) in [6, 6.07) is 10.9. The van der Waals surface area contributed by atoms with Gasteiger partial charge in [-0.05, 0) is 85.7 Å². The van der Waals surface area contributed by atoms with Gasteiger partial charge in [0.05, 0.1) is 6.04 Å². The minimum atomic E-state index is -2.38. The zero-order chi connectivity index (χ0) is 22.5. The Bertz CT molecular complexity index is 1030. The lowest BCUT2D eigenvalue weighted by molar-refractivity contribution is -0.131. The van der Waals surface area contributed by atoms with E-state index in [-0.39, 0.29) is 29.6 Å². The van der Waals surface area contributed by atoms with Gasteiger partial charge in [-0.15, -0.1) is 0 Å². The predicted octanol–water partition coefficient (Wildman–Crippen LogP) is 2.81. The van der Waals surface area contributed by atoms with Crippen LogP contribution < -0.4 is 15.4 Å². The Labute approximate surface area is 184 Å². The number of rotatable bonds is 7. The van der Waals surface area contributed by atoms with Crippen molar-refractivity contribution in [2.45, 2.75) is 39.7 Å². The van der Waals surface area contributed by atoms with Crippen LogP contribution in [0, 0.1) is 19.8 Å². The number of hydrogen-bond donors (Lipinski definition) is 3. The van der Waals surface area contributed by atoms with E-state index in [1.165, 1.54) is 6.92 Å². The summed E-state index contributed by atoms with van der Waals surface area (Å²) >= 11 is 0. The summed E-state index contributed by atoms with van der Waals surface area (Å²) in [6.07, 6.45) is 1.21. The lowest BCUT2D eigenvalue weighted by Crippen LogP contribution is -2.35. The van der Waals surface area contributed by atoms with Gasteiger partial charge < -0.3 is 15.4 Å². The number of aryl methyl sites for hydroxylation is 2. The molecule has 1 amide bonds. The number of esters is 1. The largest absolute Gasteiger partial charge is 0.427 e. The Morgan fingerprint density at radius 3 is 2.52 bits per heavy atom. The number of thiol groups is 1. The second kappa shape index (κ2) is 10.1. The number of carbonyl (C=O) groups is 2. The fourth-order valence-electron chi connectivity index (χ4n) is 4.12. The van der Waals surface area contributed by atoms with E-state index in [0.717, 1.165) is 22.3 Å². The van der Waals surface area contributed by atoms with Gasteiger partial charge in [-0.25, -0.2) is 8.42 Å². The smallest absolute Gasteiger partial charge is 0.308 e. The normalized spacial score (nSPS) is 18.2. The van der Waals surface area contributed by atoms with Crippen LogP contribution in [0.3, 0.4) is 0 Å². The molecule has 2 aromatic rings. The lowest BCUT2D eigenvalue weighted by Gasteiger charge is -2.16. The number of carbonyl (C=O) groups excluding carboxylic acids is 2. The Morgan fingerprint density at radius 2 is 1.87 bits per heavy atom. The highest BCUT2D eigenvalue weighted by molar-refractivity contribution is 7.72. The van der Waals surface area contributed by atoms with Crippen LogP contribution in [0.15, 0.2) is 36.4 Å². The van der Waals surface area contributed by atoms with Crippen molar-refractivity contribution in [2.75, 3.05) is 17.6 Å². The van der Waals surface area contributed by atoms with E-state index < -0.39 is 10.7 Å². The molecule has 1 fully saturated rings. The molecule has 2 aromatic carbocycles. The van der Waals surface area contributed by atoms with E-state index in [0.29, 0.717) is 30.8 Å². The van der Waals surface area contributed by atoms with Gasteiger partial charge >= 0.3 is 5.97 Å². The second-order valence-electron chi connectivity index (χ2n) is 8.00. The van der Waals surface area contributed by atoms with E-state index >= 15 is 0 Å². The highest BCUT2D eigenvalue weighted by Gasteiger charge is 2.29. The van der Waals surface area contributed by atoms with Crippen LogP contribution in [-0.4, -0.2) is 38.6 Å². The van der Waals surface area contributed by atoms with E-state index in [1.54, 1.807) is 6.07 Å². The predicted molar refractivity (Wildman–Crippen MR) is 121 cm³/mol. The summed E-state index contributed by atoms with van der Waals surface area (Å²) in [5, 5.41) is 6.17. The average molecular weight is 445 g/mol. The molecular formula is C23H28N2O5S. The van der Waals surface area contributed by atoms with Crippen molar-refractivity contribution in [1.82, 2.24) is 5.32 Å². The third-order valence-corrected chi connectivity index (χ3v) is 6.07. The number of benzene rings is 2. The van der Waals surface area contributed by atoms with E-state index in [1.807, 2.05) is 44.2 Å². The Balaban J connectivity index is 1.71. The second-order valence-corrected chi connectivity index (χ2v) is 9.12. The molecule has 2 atom stereocenters. The highest BCUT2D eigenvalue weighted by atomic mass is 32.2. The molecule has 1 aliphatic rings. The quantitative estimate of drug-likeness (QED) is 0.345. The number of nitrogens with one attached hydrogen (secondary N) is 2. The molecule has 1 saturated heterocycles. The van der Waals surface area contributed by atoms with Crippen molar-refractivity contribution < 1.29 is 22.7 Å². The third-order valence-electron chi connectivity index (χ3n) is 5.44. The Kier molecular flexibility index (Phi) is 7.46. The highest BCUT2D eigenvalue weighted by Crippen LogP contribution is 2.32. The van der Waals surface area contributed by atoms with E-state index in [2.05, 4.69) is 10.6 Å². The van der Waals surface area contributed by atoms with Gasteiger partial charge in [0.1, 0.15) is 16.5 Å². The molecule has 0 saturated carbocycles. The molecule has 2 N–H and O–H groups in total. The van der Waals surface area contributed by atoms with Gasteiger partial charge in [0.2, 0.25) is 5.91 Å². The maximum atomic E-state index is 12.7. The first-order valence-corrected chi connectivity index (χ1v) is 11.7. The van der Waals surface area contributed by atoms with Crippen LogP contribution in [0.5, 0.6) is 5.75 Å². The van der Waals surface area contributed by atoms with E-state index in [4.69, 9.17) is 4.74 Å². The molecular weight excluding hydrogens is 416 g/mol. The van der Waals surface area contributed by atoms with Gasteiger partial charge in [0, 0.05) is 18.4 Å². The van der Waals surface area contributed by atoms with Gasteiger partial charge in [0.25, 0.3) is 0 Å². The first-order valence-electron chi connectivity index (χ1n) is 10.3. The maximum Gasteiger partial charge on any atom is 0.308 e. The summed E-state index contributed by atoms with van der Waals surface area (Å²) in [5.41, 5.74) is 4.66. The summed E-state index contributed by atoms with van der Waals surface area (Å²) in [4.78, 5) is 23.9. The molecule has 31 heavy (non-hydrogen) atoms. The maximum absolute atomic E-state index is 12.7. The first kappa shape index (κ1) is 23.0. The fourth-order valence-corrected chi connectivity index (χ4v) is 4.69. The molecule has 0 aliphatic carbocycles. The number of ether oxygens (including phenoxy) is 1. The van der Waals surface area contributed by atoms with Crippen LogP contribution in [0.4, 0.5) is 5.69 Å². The van der Waals surface area contributed by atoms with Crippen LogP contribution in [0.2, 0.25) is 0 Å². The number of hydrogen-bond acceptors (Lipinski definition) is 6. The van der Waals surface area contributed by atoms with Crippen LogP contribution >= 0.6 is 0 Å². The molecule has 1 heterocycles. The van der Waals surface area contributed by atoms with Crippen molar-refractivity contribution in [3.05, 3.63) is 47.5 Å². The summed E-state index contributed by atoms with van der Waals surface area (Å²) in [7, 11) is -2.38. The van der Waals surface area contributed by atoms with Crippen molar-refractivity contribution in [3.8, 4) is 16.9 Å². The molecule has 166 valence electrons. The number of amides is 1. The molecule has 3 rings (SSSR count). The van der Waals surface area contributed by atoms with E-state index in [9.17, 15) is 18.0 Å². The van der Waals surface area contributed by atoms with Crippen LogP contribution in [0.25, 0.3) is 11.1 Å². The van der Waals surface area contributed by atoms with Crippen molar-refractivity contribution in [1.29, 1.82) is 0 Å². The lowest BCUT2D eigenvalue weighted by atomic mass is 9.94. The molecule has 7 nitrogen and oxygen atoms in total. The zero-order valence-corrected chi connectivity index (χ0v) is 18.8. The summed E-state index contributed by atoms with van der Waals surface area (Å²) < 4.78 is 26.8. The van der Waals surface area contributed by atoms with Gasteiger partial charge in [-0.3, -0.25) is 9.59 Å². The molecule has 0 spiro atoms. The molecule has 0 radical (unpaired) electrons. The van der Waals surface area contributed by atoms with Gasteiger partial charge in [-0.1, -0.05) is 12.1 Å². The van der Waals surface area contributed by atoms with Crippen LogP contribution in [-0.2, 0) is 20.3 Å². The van der Waals surface area contributed by atoms with Crippen molar-refractivity contribution in [2.24, 2.45) is 5.92 Å². The van der Waals surface area contributed by atoms with Crippen molar-refractivity contribution >= 4 is 28.3 Å². The molecule has 0 unspecified atom stereocenters. The molecule has 0 bridgehead atoms.